The minimum Gasteiger partial charge on any atom is -0.394 e. The molecule has 118 valence electrons. The summed E-state index contributed by atoms with van der Waals surface area (Å²) in [5, 5.41) is 13.5. The molecular formula is C17H34N2O. The van der Waals surface area contributed by atoms with Gasteiger partial charge in [-0.2, -0.15) is 0 Å². The van der Waals surface area contributed by atoms with E-state index in [0.29, 0.717) is 12.6 Å². The van der Waals surface area contributed by atoms with Crippen LogP contribution < -0.4 is 5.32 Å². The van der Waals surface area contributed by atoms with Crippen molar-refractivity contribution in [3.05, 3.63) is 0 Å². The van der Waals surface area contributed by atoms with Crippen LogP contribution in [0.4, 0.5) is 0 Å². The third-order valence-corrected chi connectivity index (χ3v) is 5.51. The Bertz CT molecular complexity index is 280. The molecule has 20 heavy (non-hydrogen) atoms. The summed E-state index contributed by atoms with van der Waals surface area (Å²) in [5.41, 5.74) is -0.00798. The van der Waals surface area contributed by atoms with Crippen LogP contribution >= 0.6 is 0 Å². The Morgan fingerprint density at radius 2 is 2.00 bits per heavy atom. The van der Waals surface area contributed by atoms with Crippen LogP contribution in [0, 0.1) is 5.92 Å². The highest BCUT2D eigenvalue weighted by molar-refractivity contribution is 4.96. The molecule has 0 heterocycles. The molecule has 2 rings (SSSR count). The third-order valence-electron chi connectivity index (χ3n) is 5.51. The largest absolute Gasteiger partial charge is 0.394 e. The van der Waals surface area contributed by atoms with Gasteiger partial charge in [0.1, 0.15) is 0 Å². The lowest BCUT2D eigenvalue weighted by Gasteiger charge is -2.46. The second-order valence-electron chi connectivity index (χ2n) is 7.00. The molecule has 2 aliphatic carbocycles. The van der Waals surface area contributed by atoms with Gasteiger partial charge in [-0.1, -0.05) is 20.3 Å². The van der Waals surface area contributed by atoms with E-state index in [0.717, 1.165) is 38.3 Å². The van der Waals surface area contributed by atoms with Crippen molar-refractivity contribution >= 4 is 0 Å². The normalized spacial score (nSPS) is 31.5. The number of aliphatic hydroxyl groups is 1. The summed E-state index contributed by atoms with van der Waals surface area (Å²) in [4.78, 5) is 2.70. The Labute approximate surface area is 125 Å². The standard InChI is InChI=1S/C17H34N2O/c1-3-11-18-17(14-20)10-6-9-16(12-17)19(4-2)13-15-7-5-8-15/h15-16,18,20H,3-14H2,1-2H3. The van der Waals surface area contributed by atoms with Gasteiger partial charge in [-0.05, 0) is 64.0 Å². The Kier molecular flexibility index (Phi) is 6.31. The zero-order valence-corrected chi connectivity index (χ0v) is 13.5. The maximum absolute atomic E-state index is 9.90. The number of hydrogen-bond acceptors (Lipinski definition) is 3. The third kappa shape index (κ3) is 3.96. The average molecular weight is 282 g/mol. The van der Waals surface area contributed by atoms with Gasteiger partial charge >= 0.3 is 0 Å². The molecule has 2 atom stereocenters. The van der Waals surface area contributed by atoms with Crippen molar-refractivity contribution in [1.29, 1.82) is 0 Å². The van der Waals surface area contributed by atoms with Gasteiger partial charge in [0.25, 0.3) is 0 Å². The summed E-state index contributed by atoms with van der Waals surface area (Å²) >= 11 is 0. The lowest BCUT2D eigenvalue weighted by atomic mass is 9.77. The second kappa shape index (κ2) is 7.77. The summed E-state index contributed by atoms with van der Waals surface area (Å²) in [7, 11) is 0. The van der Waals surface area contributed by atoms with Crippen LogP contribution in [0.5, 0.6) is 0 Å². The van der Waals surface area contributed by atoms with Crippen LogP contribution in [-0.2, 0) is 0 Å². The number of rotatable bonds is 8. The number of nitrogens with one attached hydrogen (secondary N) is 1. The zero-order valence-electron chi connectivity index (χ0n) is 13.5. The monoisotopic (exact) mass is 282 g/mol. The lowest BCUT2D eigenvalue weighted by molar-refractivity contribution is 0.0472. The molecule has 2 fully saturated rings. The maximum atomic E-state index is 9.90. The van der Waals surface area contributed by atoms with Crippen LogP contribution in [0.1, 0.15) is 65.2 Å². The minimum absolute atomic E-state index is 0.00798. The molecule has 2 saturated carbocycles. The van der Waals surface area contributed by atoms with Crippen molar-refractivity contribution in [2.45, 2.75) is 76.8 Å². The van der Waals surface area contributed by atoms with Crippen LogP contribution in [-0.4, -0.2) is 47.8 Å². The fraction of sp³-hybridized carbons (Fsp3) is 1.00. The Morgan fingerprint density at radius 1 is 1.20 bits per heavy atom. The first kappa shape index (κ1) is 16.3. The van der Waals surface area contributed by atoms with Crippen molar-refractivity contribution in [1.82, 2.24) is 10.2 Å². The quantitative estimate of drug-likeness (QED) is 0.718. The van der Waals surface area contributed by atoms with Crippen LogP contribution in [0.15, 0.2) is 0 Å². The highest BCUT2D eigenvalue weighted by atomic mass is 16.3. The topological polar surface area (TPSA) is 35.5 Å². The van der Waals surface area contributed by atoms with Gasteiger partial charge in [0, 0.05) is 18.1 Å². The summed E-state index contributed by atoms with van der Waals surface area (Å²) < 4.78 is 0. The van der Waals surface area contributed by atoms with E-state index in [1.165, 1.54) is 38.6 Å². The van der Waals surface area contributed by atoms with Crippen molar-refractivity contribution in [3.8, 4) is 0 Å². The van der Waals surface area contributed by atoms with Crippen molar-refractivity contribution < 1.29 is 5.11 Å². The van der Waals surface area contributed by atoms with Gasteiger partial charge in [-0.3, -0.25) is 0 Å². The van der Waals surface area contributed by atoms with E-state index in [-0.39, 0.29) is 5.54 Å². The van der Waals surface area contributed by atoms with E-state index < -0.39 is 0 Å². The molecule has 2 N–H and O–H groups in total. The predicted octanol–water partition coefficient (Wildman–Crippen LogP) is 2.78. The molecule has 2 unspecified atom stereocenters. The Morgan fingerprint density at radius 3 is 2.55 bits per heavy atom. The molecule has 3 heteroatoms. The highest BCUT2D eigenvalue weighted by Crippen LogP contribution is 2.34. The molecule has 0 aromatic rings. The van der Waals surface area contributed by atoms with E-state index in [1.807, 2.05) is 0 Å². The van der Waals surface area contributed by atoms with Gasteiger partial charge in [0.15, 0.2) is 0 Å². The zero-order chi connectivity index (χ0) is 14.4. The van der Waals surface area contributed by atoms with E-state index in [4.69, 9.17) is 0 Å². The van der Waals surface area contributed by atoms with Gasteiger partial charge in [-0.15, -0.1) is 0 Å². The number of nitrogens with zero attached hydrogens (tertiary/aromatic N) is 1. The van der Waals surface area contributed by atoms with Crippen molar-refractivity contribution in [2.75, 3.05) is 26.2 Å². The van der Waals surface area contributed by atoms with Gasteiger partial charge in [0.05, 0.1) is 6.61 Å². The number of hydrogen-bond donors (Lipinski definition) is 2. The molecule has 0 amide bonds. The molecule has 0 aliphatic heterocycles. The molecule has 0 spiro atoms. The lowest BCUT2D eigenvalue weighted by Crippen LogP contribution is -2.56. The molecular weight excluding hydrogens is 248 g/mol. The van der Waals surface area contributed by atoms with E-state index >= 15 is 0 Å². The van der Waals surface area contributed by atoms with Crippen LogP contribution in [0.2, 0.25) is 0 Å². The van der Waals surface area contributed by atoms with E-state index in [9.17, 15) is 5.11 Å². The molecule has 0 aromatic heterocycles. The first-order valence-corrected chi connectivity index (χ1v) is 8.83. The van der Waals surface area contributed by atoms with Gasteiger partial charge in [0.2, 0.25) is 0 Å². The highest BCUT2D eigenvalue weighted by Gasteiger charge is 2.37. The first-order chi connectivity index (χ1) is 9.73. The maximum Gasteiger partial charge on any atom is 0.0613 e. The smallest absolute Gasteiger partial charge is 0.0613 e. The fourth-order valence-electron chi connectivity index (χ4n) is 3.94. The molecule has 2 aliphatic rings. The second-order valence-corrected chi connectivity index (χ2v) is 7.00. The first-order valence-electron chi connectivity index (χ1n) is 8.83. The van der Waals surface area contributed by atoms with Crippen molar-refractivity contribution in [2.24, 2.45) is 5.92 Å². The summed E-state index contributed by atoms with van der Waals surface area (Å²) in [5.74, 6) is 0.948. The Hall–Kier alpha value is -0.120. The molecule has 0 radical (unpaired) electrons. The van der Waals surface area contributed by atoms with Gasteiger partial charge < -0.3 is 15.3 Å². The summed E-state index contributed by atoms with van der Waals surface area (Å²) in [6.45, 7) is 8.28. The molecule has 0 aromatic carbocycles. The van der Waals surface area contributed by atoms with E-state index in [1.54, 1.807) is 0 Å². The number of aliphatic hydroxyl groups excluding tert-OH is 1. The summed E-state index contributed by atoms with van der Waals surface area (Å²) in [6.07, 6.45) is 10.3. The summed E-state index contributed by atoms with van der Waals surface area (Å²) in [6, 6.07) is 0.672. The minimum atomic E-state index is -0.00798. The molecule has 0 bridgehead atoms. The average Bonchev–Trinajstić information content (AvgIpc) is 2.44. The predicted molar refractivity (Wildman–Crippen MR) is 85.0 cm³/mol. The van der Waals surface area contributed by atoms with E-state index in [2.05, 4.69) is 24.1 Å². The Balaban J connectivity index is 1.92. The fourth-order valence-corrected chi connectivity index (χ4v) is 3.94. The molecule has 3 nitrogen and oxygen atoms in total. The molecule has 0 saturated heterocycles. The van der Waals surface area contributed by atoms with Crippen LogP contribution in [0.25, 0.3) is 0 Å². The van der Waals surface area contributed by atoms with Crippen LogP contribution in [0.3, 0.4) is 0 Å². The van der Waals surface area contributed by atoms with Gasteiger partial charge in [-0.25, -0.2) is 0 Å². The van der Waals surface area contributed by atoms with Crippen molar-refractivity contribution in [3.63, 3.8) is 0 Å². The SMILES string of the molecule is CCCNC1(CO)CCCC(N(CC)CC2CCC2)C1.